The summed E-state index contributed by atoms with van der Waals surface area (Å²) in [5.41, 5.74) is -0.533. The average Bonchev–Trinajstić information content (AvgIpc) is 2.96. The first kappa shape index (κ1) is 15.4. The van der Waals surface area contributed by atoms with Crippen LogP contribution in [0.15, 0.2) is 41.3 Å². The number of rotatable bonds is 5. The van der Waals surface area contributed by atoms with Crippen LogP contribution in [0, 0.1) is 5.41 Å². The zero-order valence-electron chi connectivity index (χ0n) is 11.7. The Morgan fingerprint density at radius 3 is 2.29 bits per heavy atom. The number of benzene rings is 1. The monoisotopic (exact) mass is 307 g/mol. The third-order valence-corrected chi connectivity index (χ3v) is 4.59. The largest absolute Gasteiger partial charge is 0.480 e. The number of nitrogens with one attached hydrogen (secondary N) is 1. The van der Waals surface area contributed by atoms with Crippen LogP contribution in [0.4, 0.5) is 0 Å². The quantitative estimate of drug-likeness (QED) is 0.637. The van der Waals surface area contributed by atoms with Crippen molar-refractivity contribution in [2.45, 2.75) is 24.3 Å². The molecule has 0 bridgehead atoms. The Morgan fingerprint density at radius 2 is 1.81 bits per heavy atom. The second-order valence-corrected chi connectivity index (χ2v) is 6.43. The summed E-state index contributed by atoms with van der Waals surface area (Å²) in [5.74, 6) is -1.56. The Labute approximate surface area is 125 Å². The predicted molar refractivity (Wildman–Crippen MR) is 79.1 cm³/mol. The summed E-state index contributed by atoms with van der Waals surface area (Å²) in [6, 6.07) is 7.03. The first-order valence-corrected chi connectivity index (χ1v) is 8.10. The number of carboxylic acid groups (broad SMARTS) is 1. The van der Waals surface area contributed by atoms with Crippen molar-refractivity contribution in [3.63, 3.8) is 0 Å². The third kappa shape index (κ3) is 3.21. The molecule has 6 heteroatoms. The second-order valence-electron chi connectivity index (χ2n) is 5.05. The molecule has 1 aromatic carbocycles. The van der Waals surface area contributed by atoms with Crippen molar-refractivity contribution >= 4 is 22.7 Å². The van der Waals surface area contributed by atoms with Gasteiger partial charge in [0.2, 0.25) is 5.91 Å². The van der Waals surface area contributed by atoms with Crippen molar-refractivity contribution in [2.75, 3.05) is 6.26 Å². The van der Waals surface area contributed by atoms with E-state index in [1.807, 2.05) is 0 Å². The number of carbonyl (C=O) groups is 2. The van der Waals surface area contributed by atoms with Gasteiger partial charge in [0.25, 0.3) is 0 Å². The van der Waals surface area contributed by atoms with Crippen molar-refractivity contribution < 1.29 is 18.9 Å². The number of carbonyl (C=O) groups excluding carboxylic acids is 1. The van der Waals surface area contributed by atoms with Gasteiger partial charge in [-0.05, 0) is 30.5 Å². The number of allylic oxidation sites excluding steroid dienone is 2. The fraction of sp³-hybridized carbons (Fsp3) is 0.333. The van der Waals surface area contributed by atoms with E-state index in [1.165, 1.54) is 0 Å². The second kappa shape index (κ2) is 6.22. The smallest absolute Gasteiger partial charge is 0.319 e. The average molecular weight is 307 g/mol. The minimum Gasteiger partial charge on any atom is -0.480 e. The number of amides is 1. The topological polar surface area (TPSA) is 83.5 Å². The van der Waals surface area contributed by atoms with Crippen LogP contribution in [0.3, 0.4) is 0 Å². The number of aliphatic carboxylic acids is 1. The molecule has 5 nitrogen and oxygen atoms in total. The maximum absolute atomic E-state index is 12.2. The zero-order valence-corrected chi connectivity index (χ0v) is 12.5. The molecule has 1 aliphatic carbocycles. The highest BCUT2D eigenvalue weighted by Gasteiger charge is 2.46. The van der Waals surface area contributed by atoms with Gasteiger partial charge in [0.1, 0.15) is 0 Å². The molecule has 112 valence electrons. The van der Waals surface area contributed by atoms with E-state index in [4.69, 9.17) is 0 Å². The molecule has 1 unspecified atom stereocenters. The highest BCUT2D eigenvalue weighted by molar-refractivity contribution is 7.84. The normalized spacial score (nSPS) is 17.4. The van der Waals surface area contributed by atoms with Gasteiger partial charge < -0.3 is 10.4 Å². The van der Waals surface area contributed by atoms with Crippen LogP contribution in [0.25, 0.3) is 0 Å². The molecule has 0 saturated carbocycles. The van der Waals surface area contributed by atoms with Crippen LogP contribution in [0.5, 0.6) is 0 Å². The molecule has 1 aromatic rings. The fourth-order valence-corrected chi connectivity index (χ4v) is 2.78. The Bertz CT molecular complexity index is 599. The molecule has 0 heterocycles. The van der Waals surface area contributed by atoms with E-state index in [0.29, 0.717) is 4.90 Å². The van der Waals surface area contributed by atoms with Crippen LogP contribution in [0.1, 0.15) is 18.4 Å². The minimum atomic E-state index is -1.37. The Balaban J connectivity index is 2.00. The molecule has 21 heavy (non-hydrogen) atoms. The lowest BCUT2D eigenvalue weighted by Gasteiger charge is -2.22. The van der Waals surface area contributed by atoms with Gasteiger partial charge in [0.15, 0.2) is 5.41 Å². The summed E-state index contributed by atoms with van der Waals surface area (Å²) >= 11 is 0. The van der Waals surface area contributed by atoms with E-state index in [0.717, 1.165) is 5.56 Å². The van der Waals surface area contributed by atoms with Crippen molar-refractivity contribution in [1.29, 1.82) is 0 Å². The highest BCUT2D eigenvalue weighted by Crippen LogP contribution is 2.33. The van der Waals surface area contributed by atoms with Crippen molar-refractivity contribution in [3.8, 4) is 0 Å². The van der Waals surface area contributed by atoms with Crippen molar-refractivity contribution in [1.82, 2.24) is 5.32 Å². The molecule has 0 saturated heterocycles. The summed E-state index contributed by atoms with van der Waals surface area (Å²) in [5, 5.41) is 12.0. The fourth-order valence-electron chi connectivity index (χ4n) is 2.26. The van der Waals surface area contributed by atoms with E-state index in [1.54, 1.807) is 42.7 Å². The van der Waals surface area contributed by atoms with Gasteiger partial charge in [0, 0.05) is 28.5 Å². The van der Waals surface area contributed by atoms with Crippen LogP contribution >= 0.6 is 0 Å². The molecule has 2 N–H and O–H groups in total. The Kier molecular flexibility index (Phi) is 4.57. The summed E-state index contributed by atoms with van der Waals surface area (Å²) in [6.07, 6.45) is 5.49. The van der Waals surface area contributed by atoms with Gasteiger partial charge in [0.05, 0.1) is 0 Å². The van der Waals surface area contributed by atoms with Crippen LogP contribution in [0.2, 0.25) is 0 Å². The molecule has 2 rings (SSSR count). The first-order valence-electron chi connectivity index (χ1n) is 6.55. The molecule has 1 atom stereocenters. The first-order chi connectivity index (χ1) is 9.95. The molecular formula is C15H17NO4S. The standard InChI is InChI=1S/C15H17NO4S/c1-21(20)12-6-4-11(5-7-12)10-16-13(17)15(14(18)19)8-2-3-9-15/h2-7H,8-10H2,1H3,(H,16,17)(H,18,19). The van der Waals surface area contributed by atoms with Gasteiger partial charge in [-0.3, -0.25) is 13.8 Å². The van der Waals surface area contributed by atoms with E-state index in [9.17, 15) is 18.9 Å². The predicted octanol–water partition coefficient (Wildman–Crippen LogP) is 1.46. The zero-order chi connectivity index (χ0) is 15.5. The van der Waals surface area contributed by atoms with Gasteiger partial charge in [-0.1, -0.05) is 24.3 Å². The van der Waals surface area contributed by atoms with Crippen molar-refractivity contribution in [3.05, 3.63) is 42.0 Å². The summed E-state index contributed by atoms with van der Waals surface area (Å²) in [6.45, 7) is 0.254. The van der Waals surface area contributed by atoms with Gasteiger partial charge in [-0.2, -0.15) is 0 Å². The third-order valence-electron chi connectivity index (χ3n) is 3.65. The summed E-state index contributed by atoms with van der Waals surface area (Å²) in [4.78, 5) is 24.3. The summed E-state index contributed by atoms with van der Waals surface area (Å²) in [7, 11) is -1.04. The lowest BCUT2D eigenvalue weighted by molar-refractivity contribution is -0.155. The molecule has 0 aromatic heterocycles. The minimum absolute atomic E-state index is 0.224. The van der Waals surface area contributed by atoms with Crippen molar-refractivity contribution in [2.24, 2.45) is 5.41 Å². The lowest BCUT2D eigenvalue weighted by atomic mass is 9.84. The van der Waals surface area contributed by atoms with E-state index >= 15 is 0 Å². The number of hydrogen-bond acceptors (Lipinski definition) is 3. The van der Waals surface area contributed by atoms with E-state index in [-0.39, 0.29) is 19.4 Å². The number of carboxylic acids is 1. The van der Waals surface area contributed by atoms with Gasteiger partial charge in [-0.25, -0.2) is 0 Å². The van der Waals surface area contributed by atoms with E-state index < -0.39 is 28.1 Å². The lowest BCUT2D eigenvalue weighted by Crippen LogP contribution is -2.44. The van der Waals surface area contributed by atoms with Gasteiger partial charge >= 0.3 is 5.97 Å². The van der Waals surface area contributed by atoms with Crippen LogP contribution in [-0.2, 0) is 26.9 Å². The highest BCUT2D eigenvalue weighted by atomic mass is 32.2. The molecule has 0 spiro atoms. The Hall–Kier alpha value is -1.95. The SMILES string of the molecule is CS(=O)c1ccc(CNC(=O)C2(C(=O)O)CC=CC2)cc1. The Morgan fingerprint density at radius 1 is 1.24 bits per heavy atom. The van der Waals surface area contributed by atoms with E-state index in [2.05, 4.69) is 5.32 Å². The van der Waals surface area contributed by atoms with Crippen LogP contribution < -0.4 is 5.32 Å². The maximum Gasteiger partial charge on any atom is 0.319 e. The molecule has 0 radical (unpaired) electrons. The van der Waals surface area contributed by atoms with Crippen LogP contribution in [-0.4, -0.2) is 27.4 Å². The number of hydrogen-bond donors (Lipinski definition) is 2. The van der Waals surface area contributed by atoms with Gasteiger partial charge in [-0.15, -0.1) is 0 Å². The molecule has 1 amide bonds. The molecule has 0 aliphatic heterocycles. The molecule has 0 fully saturated rings. The molecule has 1 aliphatic rings. The maximum atomic E-state index is 12.2. The molecular weight excluding hydrogens is 290 g/mol. The summed E-state index contributed by atoms with van der Waals surface area (Å²) < 4.78 is 11.3.